The number of rotatable bonds is 5. The third-order valence-electron chi connectivity index (χ3n) is 2.84. The third kappa shape index (κ3) is 3.39. The van der Waals surface area contributed by atoms with Crippen molar-refractivity contribution in [2.45, 2.75) is 58.7 Å². The summed E-state index contributed by atoms with van der Waals surface area (Å²) in [6.45, 7) is 8.50. The number of carbonyl (C=O) groups excluding carboxylic acids is 1. The highest BCUT2D eigenvalue weighted by atomic mass is 16.3. The zero-order valence-electron chi connectivity index (χ0n) is 9.79. The van der Waals surface area contributed by atoms with E-state index in [1.54, 1.807) is 0 Å². The van der Waals surface area contributed by atoms with Gasteiger partial charge >= 0.3 is 0 Å². The van der Waals surface area contributed by atoms with Crippen LogP contribution in [0.4, 0.5) is 0 Å². The quantitative estimate of drug-likeness (QED) is 0.710. The molecule has 0 rings (SSSR count). The van der Waals surface area contributed by atoms with Gasteiger partial charge in [0.1, 0.15) is 5.60 Å². The average molecular weight is 202 g/mol. The fourth-order valence-corrected chi connectivity index (χ4v) is 1.23. The van der Waals surface area contributed by atoms with Gasteiger partial charge in [-0.25, -0.2) is 0 Å². The highest BCUT2D eigenvalue weighted by molar-refractivity contribution is 5.87. The van der Waals surface area contributed by atoms with Gasteiger partial charge in [0, 0.05) is 6.42 Å². The van der Waals surface area contributed by atoms with Crippen LogP contribution in [0.5, 0.6) is 0 Å². The molecule has 3 heteroatoms. The second-order valence-corrected chi connectivity index (χ2v) is 4.77. The zero-order valence-corrected chi connectivity index (χ0v) is 9.79. The van der Waals surface area contributed by atoms with Gasteiger partial charge in [-0.3, -0.25) is 4.79 Å². The maximum Gasteiger partial charge on any atom is 0.166 e. The second kappa shape index (κ2) is 4.41. The summed E-state index contributed by atoms with van der Waals surface area (Å²) in [5.74, 6) is -0.297. The maximum absolute atomic E-state index is 11.5. The zero-order chi connectivity index (χ0) is 11.6. The molecular weight excluding hydrogens is 180 g/mol. The summed E-state index contributed by atoms with van der Waals surface area (Å²) < 4.78 is 0. The van der Waals surface area contributed by atoms with E-state index in [1.165, 1.54) is 13.8 Å². The van der Waals surface area contributed by atoms with Crippen LogP contribution in [0.25, 0.3) is 0 Å². The summed E-state index contributed by atoms with van der Waals surface area (Å²) >= 11 is 0. The highest BCUT2D eigenvalue weighted by Crippen LogP contribution is 2.27. The summed E-state index contributed by atoms with van der Waals surface area (Å²) in [5.41, 5.74) is -2.34. The molecule has 84 valence electrons. The fourth-order valence-electron chi connectivity index (χ4n) is 1.23. The van der Waals surface area contributed by atoms with Crippen LogP contribution in [-0.4, -0.2) is 27.2 Å². The number of ketones is 1. The Morgan fingerprint density at radius 1 is 1.29 bits per heavy atom. The molecule has 3 nitrogen and oxygen atoms in total. The lowest BCUT2D eigenvalue weighted by atomic mass is 9.80. The first-order chi connectivity index (χ1) is 6.13. The number of hydrogen-bond donors (Lipinski definition) is 2. The van der Waals surface area contributed by atoms with Gasteiger partial charge in [0.25, 0.3) is 0 Å². The van der Waals surface area contributed by atoms with Crippen molar-refractivity contribution >= 4 is 5.78 Å². The molecule has 14 heavy (non-hydrogen) atoms. The van der Waals surface area contributed by atoms with Crippen LogP contribution in [0.2, 0.25) is 0 Å². The Morgan fingerprint density at radius 3 is 1.93 bits per heavy atom. The molecule has 0 saturated carbocycles. The molecule has 0 aliphatic carbocycles. The molecule has 1 atom stereocenters. The molecule has 0 aromatic carbocycles. The predicted octanol–water partition coefficient (Wildman–Crippen LogP) is 1.51. The Morgan fingerprint density at radius 2 is 1.71 bits per heavy atom. The summed E-state index contributed by atoms with van der Waals surface area (Å²) in [5, 5.41) is 19.6. The van der Waals surface area contributed by atoms with Crippen molar-refractivity contribution in [2.75, 3.05) is 0 Å². The minimum absolute atomic E-state index is 0.0128. The van der Waals surface area contributed by atoms with Gasteiger partial charge in [-0.05, 0) is 26.2 Å². The lowest BCUT2D eigenvalue weighted by Crippen LogP contribution is -2.42. The van der Waals surface area contributed by atoms with E-state index < -0.39 is 11.2 Å². The molecule has 1 unspecified atom stereocenters. The topological polar surface area (TPSA) is 57.5 Å². The molecule has 0 bridgehead atoms. The Bertz CT molecular complexity index is 203. The lowest BCUT2D eigenvalue weighted by Gasteiger charge is -2.32. The Hall–Kier alpha value is -0.410. The SMILES string of the molecule is CCC(O)(CC(=O)C(C)(C)O)C(C)C. The van der Waals surface area contributed by atoms with Gasteiger partial charge < -0.3 is 10.2 Å². The molecule has 2 N–H and O–H groups in total. The first kappa shape index (κ1) is 13.6. The summed E-state index contributed by atoms with van der Waals surface area (Å²) in [4.78, 5) is 11.5. The summed E-state index contributed by atoms with van der Waals surface area (Å²) in [7, 11) is 0. The van der Waals surface area contributed by atoms with Crippen molar-refractivity contribution in [1.82, 2.24) is 0 Å². The molecule has 0 aromatic rings. The van der Waals surface area contributed by atoms with Crippen molar-refractivity contribution < 1.29 is 15.0 Å². The van der Waals surface area contributed by atoms with Crippen LogP contribution in [0, 0.1) is 5.92 Å². The van der Waals surface area contributed by atoms with Gasteiger partial charge in [0.05, 0.1) is 5.60 Å². The van der Waals surface area contributed by atoms with E-state index in [-0.39, 0.29) is 18.1 Å². The minimum atomic E-state index is -1.35. The number of carbonyl (C=O) groups is 1. The summed E-state index contributed by atoms with van der Waals surface area (Å²) in [6, 6.07) is 0. The van der Waals surface area contributed by atoms with Crippen LogP contribution in [-0.2, 0) is 4.79 Å². The Labute approximate surface area is 86.1 Å². The van der Waals surface area contributed by atoms with Crippen molar-refractivity contribution in [2.24, 2.45) is 5.92 Å². The molecule has 0 fully saturated rings. The molecule has 0 spiro atoms. The normalized spacial score (nSPS) is 16.9. The molecule has 0 aromatic heterocycles. The third-order valence-corrected chi connectivity index (χ3v) is 2.84. The average Bonchev–Trinajstić information content (AvgIpc) is 2.02. The molecule has 0 aliphatic heterocycles. The van der Waals surface area contributed by atoms with Gasteiger partial charge in [0.15, 0.2) is 5.78 Å². The van der Waals surface area contributed by atoms with E-state index in [1.807, 2.05) is 20.8 Å². The molecule has 0 amide bonds. The van der Waals surface area contributed by atoms with Crippen molar-refractivity contribution in [3.63, 3.8) is 0 Å². The molecule has 0 saturated heterocycles. The van der Waals surface area contributed by atoms with E-state index in [0.29, 0.717) is 6.42 Å². The van der Waals surface area contributed by atoms with Crippen LogP contribution >= 0.6 is 0 Å². The molecule has 0 heterocycles. The van der Waals surface area contributed by atoms with E-state index >= 15 is 0 Å². The fraction of sp³-hybridized carbons (Fsp3) is 0.909. The van der Waals surface area contributed by atoms with Gasteiger partial charge in [-0.15, -0.1) is 0 Å². The van der Waals surface area contributed by atoms with E-state index in [9.17, 15) is 15.0 Å². The first-order valence-corrected chi connectivity index (χ1v) is 5.11. The lowest BCUT2D eigenvalue weighted by molar-refractivity contribution is -0.141. The Kier molecular flexibility index (Phi) is 4.28. The first-order valence-electron chi connectivity index (χ1n) is 5.11. The van der Waals surface area contributed by atoms with Crippen LogP contribution in [0.3, 0.4) is 0 Å². The highest BCUT2D eigenvalue weighted by Gasteiger charge is 2.36. The summed E-state index contributed by atoms with van der Waals surface area (Å²) in [6.07, 6.45) is 0.539. The van der Waals surface area contributed by atoms with Gasteiger partial charge in [-0.2, -0.15) is 0 Å². The standard InChI is InChI=1S/C11H22O3/c1-6-11(14,8(2)3)7-9(12)10(4,5)13/h8,13-14H,6-7H2,1-5H3. The predicted molar refractivity (Wildman–Crippen MR) is 56.0 cm³/mol. The van der Waals surface area contributed by atoms with E-state index in [0.717, 1.165) is 0 Å². The monoisotopic (exact) mass is 202 g/mol. The van der Waals surface area contributed by atoms with Crippen molar-refractivity contribution in [1.29, 1.82) is 0 Å². The maximum atomic E-state index is 11.5. The second-order valence-electron chi connectivity index (χ2n) is 4.77. The van der Waals surface area contributed by atoms with E-state index in [4.69, 9.17) is 0 Å². The largest absolute Gasteiger partial charge is 0.389 e. The van der Waals surface area contributed by atoms with Crippen LogP contribution in [0.15, 0.2) is 0 Å². The number of aliphatic hydroxyl groups is 2. The molecule has 0 aliphatic rings. The smallest absolute Gasteiger partial charge is 0.166 e. The minimum Gasteiger partial charge on any atom is -0.389 e. The van der Waals surface area contributed by atoms with Crippen LogP contribution in [0.1, 0.15) is 47.5 Å². The van der Waals surface area contributed by atoms with Gasteiger partial charge in [0.2, 0.25) is 0 Å². The number of hydrogen-bond acceptors (Lipinski definition) is 3. The van der Waals surface area contributed by atoms with Crippen molar-refractivity contribution in [3.8, 4) is 0 Å². The van der Waals surface area contributed by atoms with Crippen LogP contribution < -0.4 is 0 Å². The molecular formula is C11H22O3. The molecule has 0 radical (unpaired) electrons. The van der Waals surface area contributed by atoms with Gasteiger partial charge in [-0.1, -0.05) is 20.8 Å². The number of Topliss-reactive ketones (excluding diaryl/α,β-unsaturated/α-hetero) is 1. The Balaban J connectivity index is 4.56. The van der Waals surface area contributed by atoms with Crippen molar-refractivity contribution in [3.05, 3.63) is 0 Å². The van der Waals surface area contributed by atoms with E-state index in [2.05, 4.69) is 0 Å².